The van der Waals surface area contributed by atoms with Gasteiger partial charge in [-0.25, -0.2) is 0 Å². The van der Waals surface area contributed by atoms with E-state index in [0.29, 0.717) is 16.9 Å². The number of nitrogens with one attached hydrogen (secondary N) is 2. The summed E-state index contributed by atoms with van der Waals surface area (Å²) in [6.07, 6.45) is 3.32. The molecule has 0 aromatic heterocycles. The standard InChI is InChI=1S/C19H20N5O3.C9H11.Co/c1-11(2)12-3-7-14(8-4-12)22-19(27)13-5-9-15(10-6-13)23-24-16(17(20)25)18(21)26;1-2-6-9-7-4-3-5-8-9;/h3-11,23H,1H2,2H3,(H2,20,25)(H2,21,26)(H,22,27);3-8H,2H2,1H3;/q2*-1;+2. The summed E-state index contributed by atoms with van der Waals surface area (Å²) in [6.45, 7) is 8.08. The van der Waals surface area contributed by atoms with Crippen LogP contribution in [0.2, 0.25) is 0 Å². The van der Waals surface area contributed by atoms with Crippen molar-refractivity contribution in [1.29, 1.82) is 0 Å². The SMILES string of the molecule is CC[CH-]c1ccccc1.[CH2-]C(C)c1ccc(NC(=O)c2ccc(NN=C(C(N)=O)C(N)=O)cc2)cc1.[Co+2]. The fourth-order valence-electron chi connectivity index (χ4n) is 2.97. The molecular formula is C28H31CoN5O3. The second-order valence-corrected chi connectivity index (χ2v) is 7.88. The third-order valence-corrected chi connectivity index (χ3v) is 4.89. The molecule has 1 atom stereocenters. The van der Waals surface area contributed by atoms with Gasteiger partial charge in [0.05, 0.1) is 5.69 Å². The van der Waals surface area contributed by atoms with E-state index in [1.165, 1.54) is 5.56 Å². The van der Waals surface area contributed by atoms with Crippen LogP contribution in [-0.2, 0) is 26.4 Å². The van der Waals surface area contributed by atoms with Crippen molar-refractivity contribution in [3.05, 3.63) is 109 Å². The normalized spacial score (nSPS) is 10.4. The van der Waals surface area contributed by atoms with E-state index < -0.39 is 17.5 Å². The predicted octanol–water partition coefficient (Wildman–Crippen LogP) is 4.26. The number of hydrogen-bond donors (Lipinski definition) is 4. The zero-order chi connectivity index (χ0) is 26.5. The fourth-order valence-corrected chi connectivity index (χ4v) is 2.97. The Bertz CT molecular complexity index is 1160. The quantitative estimate of drug-likeness (QED) is 0.138. The molecule has 3 aromatic rings. The first-order valence-electron chi connectivity index (χ1n) is 11.4. The average Bonchev–Trinajstić information content (AvgIpc) is 2.86. The Labute approximate surface area is 228 Å². The second kappa shape index (κ2) is 15.8. The maximum atomic E-state index is 12.3. The molecule has 0 saturated heterocycles. The minimum atomic E-state index is -1.04. The van der Waals surface area contributed by atoms with Gasteiger partial charge < -0.3 is 23.7 Å². The second-order valence-electron chi connectivity index (χ2n) is 7.88. The van der Waals surface area contributed by atoms with Gasteiger partial charge >= 0.3 is 16.8 Å². The van der Waals surface area contributed by atoms with Crippen molar-refractivity contribution in [2.45, 2.75) is 26.2 Å². The molecule has 0 bridgehead atoms. The molecule has 1 unspecified atom stereocenters. The summed E-state index contributed by atoms with van der Waals surface area (Å²) in [7, 11) is 0. The van der Waals surface area contributed by atoms with E-state index in [1.807, 2.05) is 37.3 Å². The first-order valence-corrected chi connectivity index (χ1v) is 11.4. The maximum Gasteiger partial charge on any atom is 2.00 e. The van der Waals surface area contributed by atoms with Crippen LogP contribution in [0, 0.1) is 13.3 Å². The smallest absolute Gasteiger partial charge is 0.364 e. The van der Waals surface area contributed by atoms with Crippen molar-refractivity contribution < 1.29 is 31.2 Å². The zero-order valence-corrected chi connectivity index (χ0v) is 21.8. The van der Waals surface area contributed by atoms with Gasteiger partial charge in [-0.15, -0.1) is 18.1 Å². The molecule has 0 saturated carbocycles. The number of hydrazone groups is 1. The van der Waals surface area contributed by atoms with E-state index in [2.05, 4.69) is 60.4 Å². The van der Waals surface area contributed by atoms with Crippen LogP contribution in [0.1, 0.15) is 47.7 Å². The summed E-state index contributed by atoms with van der Waals surface area (Å²) in [6, 6.07) is 24.1. The van der Waals surface area contributed by atoms with Gasteiger partial charge in [0.25, 0.3) is 17.7 Å². The van der Waals surface area contributed by atoms with Crippen LogP contribution in [0.25, 0.3) is 0 Å². The summed E-state index contributed by atoms with van der Waals surface area (Å²) >= 11 is 0. The molecule has 0 heterocycles. The van der Waals surface area contributed by atoms with E-state index in [1.54, 1.807) is 24.3 Å². The molecule has 1 radical (unpaired) electrons. The number of amides is 3. The van der Waals surface area contributed by atoms with Crippen molar-refractivity contribution >= 4 is 34.8 Å². The van der Waals surface area contributed by atoms with Gasteiger partial charge in [-0.2, -0.15) is 29.2 Å². The minimum absolute atomic E-state index is 0. The van der Waals surface area contributed by atoms with Gasteiger partial charge in [0.2, 0.25) is 5.71 Å². The third kappa shape index (κ3) is 10.6. The molecule has 0 aliphatic rings. The summed E-state index contributed by atoms with van der Waals surface area (Å²) in [5.74, 6) is -2.19. The van der Waals surface area contributed by atoms with Crippen LogP contribution in [0.4, 0.5) is 11.4 Å². The number of primary amides is 2. The molecule has 9 heteroatoms. The Morgan fingerprint density at radius 1 is 0.892 bits per heavy atom. The van der Waals surface area contributed by atoms with Gasteiger partial charge in [-0.1, -0.05) is 44.0 Å². The van der Waals surface area contributed by atoms with Gasteiger partial charge in [0, 0.05) is 11.3 Å². The Hall–Kier alpha value is -4.08. The van der Waals surface area contributed by atoms with Crippen LogP contribution < -0.4 is 22.2 Å². The van der Waals surface area contributed by atoms with E-state index >= 15 is 0 Å². The molecule has 6 N–H and O–H groups in total. The Balaban J connectivity index is 0.000000577. The van der Waals surface area contributed by atoms with Crippen LogP contribution >= 0.6 is 0 Å². The Morgan fingerprint density at radius 3 is 1.92 bits per heavy atom. The van der Waals surface area contributed by atoms with E-state index in [0.717, 1.165) is 12.0 Å². The molecule has 0 aliphatic heterocycles. The summed E-state index contributed by atoms with van der Waals surface area (Å²) in [5.41, 5.74) is 15.8. The molecule has 195 valence electrons. The number of hydrogen-bond acceptors (Lipinski definition) is 5. The van der Waals surface area contributed by atoms with Gasteiger partial charge in [0.1, 0.15) is 0 Å². The molecule has 37 heavy (non-hydrogen) atoms. The number of benzene rings is 3. The number of nitrogens with zero attached hydrogens (tertiary/aromatic N) is 1. The van der Waals surface area contributed by atoms with Gasteiger partial charge in [-0.05, 0) is 36.4 Å². The average molecular weight is 545 g/mol. The molecule has 3 aromatic carbocycles. The van der Waals surface area contributed by atoms with E-state index in [4.69, 9.17) is 11.5 Å². The molecule has 8 nitrogen and oxygen atoms in total. The molecule has 3 rings (SSSR count). The van der Waals surface area contributed by atoms with Crippen molar-refractivity contribution in [3.8, 4) is 0 Å². The Morgan fingerprint density at radius 2 is 1.43 bits per heavy atom. The summed E-state index contributed by atoms with van der Waals surface area (Å²) in [4.78, 5) is 34.4. The number of rotatable bonds is 9. The van der Waals surface area contributed by atoms with Crippen molar-refractivity contribution in [2.75, 3.05) is 10.7 Å². The van der Waals surface area contributed by atoms with Crippen LogP contribution in [0.3, 0.4) is 0 Å². The summed E-state index contributed by atoms with van der Waals surface area (Å²) in [5, 5.41) is 6.36. The van der Waals surface area contributed by atoms with Crippen molar-refractivity contribution in [3.63, 3.8) is 0 Å². The molecule has 0 spiro atoms. The Kier molecular flexibility index (Phi) is 13.2. The van der Waals surface area contributed by atoms with Gasteiger partial charge in [-0.3, -0.25) is 19.8 Å². The number of anilines is 2. The van der Waals surface area contributed by atoms with Crippen LogP contribution in [0.15, 0.2) is 84.0 Å². The summed E-state index contributed by atoms with van der Waals surface area (Å²) < 4.78 is 0. The van der Waals surface area contributed by atoms with E-state index in [9.17, 15) is 14.4 Å². The minimum Gasteiger partial charge on any atom is -0.364 e. The molecule has 3 amide bonds. The molecule has 0 aliphatic carbocycles. The molecule has 0 fully saturated rings. The first kappa shape index (κ1) is 30.9. The van der Waals surface area contributed by atoms with Crippen molar-refractivity contribution in [1.82, 2.24) is 0 Å². The first-order chi connectivity index (χ1) is 17.2. The fraction of sp³-hybridized carbons (Fsp3) is 0.143. The van der Waals surface area contributed by atoms with Crippen LogP contribution in [0.5, 0.6) is 0 Å². The molecular weight excluding hydrogens is 513 g/mol. The zero-order valence-electron chi connectivity index (χ0n) is 20.7. The number of carbonyl (C=O) groups excluding carboxylic acids is 3. The largest absolute Gasteiger partial charge is 2.00 e. The van der Waals surface area contributed by atoms with Crippen molar-refractivity contribution in [2.24, 2.45) is 16.6 Å². The third-order valence-electron chi connectivity index (χ3n) is 4.89. The number of carbonyl (C=O) groups is 3. The topological polar surface area (TPSA) is 140 Å². The monoisotopic (exact) mass is 544 g/mol. The predicted molar refractivity (Wildman–Crippen MR) is 144 cm³/mol. The van der Waals surface area contributed by atoms with Crippen LogP contribution in [-0.4, -0.2) is 23.4 Å². The van der Waals surface area contributed by atoms with Gasteiger partial charge in [0.15, 0.2) is 0 Å². The maximum absolute atomic E-state index is 12.3. The number of nitrogens with two attached hydrogens (primary N) is 2. The van der Waals surface area contributed by atoms with E-state index in [-0.39, 0.29) is 28.6 Å².